The van der Waals surface area contributed by atoms with E-state index in [1.807, 2.05) is 31.2 Å². The molecule has 0 heterocycles. The van der Waals surface area contributed by atoms with Gasteiger partial charge in [0.2, 0.25) is 5.91 Å². The van der Waals surface area contributed by atoms with E-state index < -0.39 is 0 Å². The third-order valence-corrected chi connectivity index (χ3v) is 4.61. The highest BCUT2D eigenvalue weighted by Gasteiger charge is 2.24. The molecule has 1 aliphatic rings. The van der Waals surface area contributed by atoms with E-state index in [1.54, 1.807) is 0 Å². The second-order valence-corrected chi connectivity index (χ2v) is 6.67. The number of hydrogen-bond donors (Lipinski definition) is 2. The van der Waals surface area contributed by atoms with Gasteiger partial charge in [-0.25, -0.2) is 0 Å². The van der Waals surface area contributed by atoms with Crippen LogP contribution < -0.4 is 10.6 Å². The first-order valence-electron chi connectivity index (χ1n) is 7.39. The van der Waals surface area contributed by atoms with Gasteiger partial charge in [-0.15, -0.1) is 0 Å². The fourth-order valence-corrected chi connectivity index (χ4v) is 3.01. The predicted octanol–water partition coefficient (Wildman–Crippen LogP) is 3.94. The number of hydrogen-bond acceptors (Lipinski definition) is 2. The number of amides is 1. The molecule has 0 radical (unpaired) electrons. The van der Waals surface area contributed by atoms with Gasteiger partial charge in [0.1, 0.15) is 0 Å². The standard InChI is InChI=1S/C16H23BrN2O/c1-11-5-3-4-6-15(11)18-12(2)16(20)19-14-9-7-13(17)8-10-14/h7-12,15,18H,3-6H2,1-2H3,(H,19,20)/t11-,12+,15-/m1/s1. The average molecular weight is 339 g/mol. The third kappa shape index (κ3) is 4.32. The molecule has 1 saturated carbocycles. The van der Waals surface area contributed by atoms with Crippen molar-refractivity contribution in [3.8, 4) is 0 Å². The molecule has 0 saturated heterocycles. The van der Waals surface area contributed by atoms with E-state index >= 15 is 0 Å². The van der Waals surface area contributed by atoms with Crippen molar-refractivity contribution in [1.29, 1.82) is 0 Å². The minimum Gasteiger partial charge on any atom is -0.325 e. The summed E-state index contributed by atoms with van der Waals surface area (Å²) >= 11 is 3.39. The second-order valence-electron chi connectivity index (χ2n) is 5.75. The van der Waals surface area contributed by atoms with Crippen LogP contribution in [0.5, 0.6) is 0 Å². The Kier molecular flexibility index (Phi) is 5.61. The maximum Gasteiger partial charge on any atom is 0.241 e. The fourth-order valence-electron chi connectivity index (χ4n) is 2.74. The van der Waals surface area contributed by atoms with Crippen LogP contribution >= 0.6 is 15.9 Å². The molecule has 110 valence electrons. The van der Waals surface area contributed by atoms with Gasteiger partial charge in [-0.3, -0.25) is 4.79 Å². The van der Waals surface area contributed by atoms with E-state index in [2.05, 4.69) is 33.5 Å². The monoisotopic (exact) mass is 338 g/mol. The van der Waals surface area contributed by atoms with Gasteiger partial charge >= 0.3 is 0 Å². The number of halogens is 1. The molecule has 2 rings (SSSR count). The summed E-state index contributed by atoms with van der Waals surface area (Å²) in [7, 11) is 0. The van der Waals surface area contributed by atoms with E-state index in [0.717, 1.165) is 10.2 Å². The summed E-state index contributed by atoms with van der Waals surface area (Å²) in [6.07, 6.45) is 5.03. The number of carbonyl (C=O) groups is 1. The lowest BCUT2D eigenvalue weighted by Gasteiger charge is -2.31. The van der Waals surface area contributed by atoms with Crippen LogP contribution in [0.4, 0.5) is 5.69 Å². The summed E-state index contributed by atoms with van der Waals surface area (Å²) < 4.78 is 1.01. The Morgan fingerprint density at radius 3 is 2.55 bits per heavy atom. The van der Waals surface area contributed by atoms with Crippen LogP contribution in [0.25, 0.3) is 0 Å². The molecule has 1 aromatic carbocycles. The molecule has 0 unspecified atom stereocenters. The number of benzene rings is 1. The van der Waals surface area contributed by atoms with Gasteiger partial charge in [-0.2, -0.15) is 0 Å². The van der Waals surface area contributed by atoms with E-state index in [1.165, 1.54) is 25.7 Å². The summed E-state index contributed by atoms with van der Waals surface area (Å²) in [5.41, 5.74) is 0.837. The molecule has 20 heavy (non-hydrogen) atoms. The molecule has 2 N–H and O–H groups in total. The highest BCUT2D eigenvalue weighted by atomic mass is 79.9. The lowest BCUT2D eigenvalue weighted by Crippen LogP contribution is -2.47. The number of nitrogens with one attached hydrogen (secondary N) is 2. The largest absolute Gasteiger partial charge is 0.325 e. The van der Waals surface area contributed by atoms with Crippen molar-refractivity contribution < 1.29 is 4.79 Å². The maximum absolute atomic E-state index is 12.2. The molecule has 0 aliphatic heterocycles. The van der Waals surface area contributed by atoms with Crippen LogP contribution in [-0.4, -0.2) is 18.0 Å². The van der Waals surface area contributed by atoms with Crippen LogP contribution in [0, 0.1) is 5.92 Å². The van der Waals surface area contributed by atoms with Gasteiger partial charge in [0.25, 0.3) is 0 Å². The van der Waals surface area contributed by atoms with E-state index in [4.69, 9.17) is 0 Å². The Labute approximate surface area is 129 Å². The van der Waals surface area contributed by atoms with Gasteiger partial charge in [0.05, 0.1) is 6.04 Å². The Morgan fingerprint density at radius 2 is 1.90 bits per heavy atom. The summed E-state index contributed by atoms with van der Waals surface area (Å²) in [6.45, 7) is 4.21. The van der Waals surface area contributed by atoms with Crippen LogP contribution in [0.15, 0.2) is 28.7 Å². The molecule has 0 aromatic heterocycles. The minimum atomic E-state index is -0.163. The summed E-state index contributed by atoms with van der Waals surface area (Å²) in [4.78, 5) is 12.2. The smallest absolute Gasteiger partial charge is 0.241 e. The average Bonchev–Trinajstić information content (AvgIpc) is 2.44. The Balaban J connectivity index is 1.86. The molecule has 0 bridgehead atoms. The first kappa shape index (κ1) is 15.5. The van der Waals surface area contributed by atoms with Crippen LogP contribution in [0.1, 0.15) is 39.5 Å². The Morgan fingerprint density at radius 1 is 1.25 bits per heavy atom. The molecule has 1 aliphatic carbocycles. The third-order valence-electron chi connectivity index (χ3n) is 4.08. The topological polar surface area (TPSA) is 41.1 Å². The molecule has 3 atom stereocenters. The van der Waals surface area contributed by atoms with Crippen molar-refractivity contribution in [3.05, 3.63) is 28.7 Å². The molecule has 1 fully saturated rings. The fraction of sp³-hybridized carbons (Fsp3) is 0.562. The van der Waals surface area contributed by atoms with Crippen molar-refractivity contribution in [2.75, 3.05) is 5.32 Å². The summed E-state index contributed by atoms with van der Waals surface area (Å²) in [5, 5.41) is 6.43. The van der Waals surface area contributed by atoms with E-state index in [-0.39, 0.29) is 11.9 Å². The zero-order valence-corrected chi connectivity index (χ0v) is 13.7. The van der Waals surface area contributed by atoms with Gasteiger partial charge in [0, 0.05) is 16.2 Å². The first-order chi connectivity index (χ1) is 9.56. The highest BCUT2D eigenvalue weighted by Crippen LogP contribution is 2.24. The van der Waals surface area contributed by atoms with Crippen molar-refractivity contribution in [2.24, 2.45) is 5.92 Å². The van der Waals surface area contributed by atoms with E-state index in [0.29, 0.717) is 12.0 Å². The molecule has 4 heteroatoms. The van der Waals surface area contributed by atoms with E-state index in [9.17, 15) is 4.79 Å². The zero-order valence-electron chi connectivity index (χ0n) is 12.2. The second kappa shape index (κ2) is 7.23. The van der Waals surface area contributed by atoms with Gasteiger partial charge in [0.15, 0.2) is 0 Å². The SMILES string of the molecule is C[C@H](N[C@@H]1CCCC[C@H]1C)C(=O)Nc1ccc(Br)cc1. The van der Waals surface area contributed by atoms with Crippen molar-refractivity contribution in [1.82, 2.24) is 5.32 Å². The normalized spacial score (nSPS) is 24.1. The van der Waals surface area contributed by atoms with Crippen molar-refractivity contribution in [2.45, 2.75) is 51.6 Å². The highest BCUT2D eigenvalue weighted by molar-refractivity contribution is 9.10. The number of anilines is 1. The molecule has 0 spiro atoms. The molecule has 1 amide bonds. The maximum atomic E-state index is 12.2. The molecular formula is C16H23BrN2O. The lowest BCUT2D eigenvalue weighted by molar-refractivity contribution is -0.118. The quantitative estimate of drug-likeness (QED) is 0.872. The molecule has 1 aromatic rings. The Bertz CT molecular complexity index is 446. The number of carbonyl (C=O) groups excluding carboxylic acids is 1. The van der Waals surface area contributed by atoms with Gasteiger partial charge < -0.3 is 10.6 Å². The van der Waals surface area contributed by atoms with Gasteiger partial charge in [-0.05, 0) is 49.9 Å². The number of rotatable bonds is 4. The van der Waals surface area contributed by atoms with Crippen molar-refractivity contribution >= 4 is 27.5 Å². The zero-order chi connectivity index (χ0) is 14.5. The molecule has 3 nitrogen and oxygen atoms in total. The predicted molar refractivity (Wildman–Crippen MR) is 86.8 cm³/mol. The summed E-state index contributed by atoms with van der Waals surface area (Å²) in [5.74, 6) is 0.691. The lowest BCUT2D eigenvalue weighted by atomic mass is 9.85. The molecular weight excluding hydrogens is 316 g/mol. The summed E-state index contributed by atoms with van der Waals surface area (Å²) in [6, 6.07) is 7.96. The first-order valence-corrected chi connectivity index (χ1v) is 8.18. The van der Waals surface area contributed by atoms with Crippen molar-refractivity contribution in [3.63, 3.8) is 0 Å². The van der Waals surface area contributed by atoms with Crippen LogP contribution in [0.2, 0.25) is 0 Å². The minimum absolute atomic E-state index is 0.0325. The van der Waals surface area contributed by atoms with Crippen LogP contribution in [-0.2, 0) is 4.79 Å². The Hall–Kier alpha value is -0.870. The van der Waals surface area contributed by atoms with Gasteiger partial charge in [-0.1, -0.05) is 35.7 Å². The van der Waals surface area contributed by atoms with Crippen LogP contribution in [0.3, 0.4) is 0 Å².